The van der Waals surface area contributed by atoms with Gasteiger partial charge in [-0.1, -0.05) is 6.07 Å². The molecule has 0 spiro atoms. The Morgan fingerprint density at radius 2 is 2.00 bits per heavy atom. The number of rotatable bonds is 3. The Bertz CT molecular complexity index is 366. The summed E-state index contributed by atoms with van der Waals surface area (Å²) in [7, 11) is 0. The van der Waals surface area contributed by atoms with Crippen molar-refractivity contribution in [1.29, 1.82) is 0 Å². The van der Waals surface area contributed by atoms with E-state index in [9.17, 15) is 13.6 Å². The van der Waals surface area contributed by atoms with E-state index in [1.807, 2.05) is 0 Å². The second kappa shape index (κ2) is 4.50. The van der Waals surface area contributed by atoms with Crippen molar-refractivity contribution in [3.63, 3.8) is 0 Å². The van der Waals surface area contributed by atoms with Gasteiger partial charge in [0.25, 0.3) is 0 Å². The number of hydrogen-bond acceptors (Lipinski definition) is 1. The highest BCUT2D eigenvalue weighted by molar-refractivity contribution is 9.10. The van der Waals surface area contributed by atoms with Gasteiger partial charge < -0.3 is 5.11 Å². The van der Waals surface area contributed by atoms with Gasteiger partial charge in [-0.2, -0.15) is 0 Å². The number of carboxylic acid groups (broad SMARTS) is 1. The van der Waals surface area contributed by atoms with Crippen LogP contribution in [-0.4, -0.2) is 11.1 Å². The molecule has 1 aromatic carbocycles. The van der Waals surface area contributed by atoms with Gasteiger partial charge in [0, 0.05) is 6.42 Å². The lowest BCUT2D eigenvalue weighted by molar-refractivity contribution is -0.136. The van der Waals surface area contributed by atoms with Gasteiger partial charge in [-0.3, -0.25) is 4.79 Å². The maximum Gasteiger partial charge on any atom is 0.303 e. The van der Waals surface area contributed by atoms with Gasteiger partial charge >= 0.3 is 5.97 Å². The lowest BCUT2D eigenvalue weighted by atomic mass is 10.1. The predicted molar refractivity (Wildman–Crippen MR) is 50.0 cm³/mol. The number of aliphatic carboxylic acids is 1. The number of halogens is 3. The third-order valence-electron chi connectivity index (χ3n) is 1.72. The van der Waals surface area contributed by atoms with Gasteiger partial charge in [-0.05, 0) is 34.0 Å². The standard InChI is InChI=1S/C9H7BrF2O2/c10-6-3-1-5(2-4-7(13)14)8(11)9(6)12/h1,3H,2,4H2,(H,13,14). The van der Waals surface area contributed by atoms with E-state index in [2.05, 4.69) is 15.9 Å². The van der Waals surface area contributed by atoms with Crippen LogP contribution in [0.2, 0.25) is 0 Å². The molecule has 0 amide bonds. The van der Waals surface area contributed by atoms with Gasteiger partial charge in [-0.25, -0.2) is 8.78 Å². The highest BCUT2D eigenvalue weighted by Gasteiger charge is 2.12. The maximum absolute atomic E-state index is 13.1. The summed E-state index contributed by atoms with van der Waals surface area (Å²) in [6.07, 6.45) is -0.219. The van der Waals surface area contributed by atoms with E-state index in [0.29, 0.717) is 0 Å². The summed E-state index contributed by atoms with van der Waals surface area (Å²) >= 11 is 2.83. The summed E-state index contributed by atoms with van der Waals surface area (Å²) in [5, 5.41) is 8.36. The third kappa shape index (κ3) is 2.51. The molecule has 1 N–H and O–H groups in total. The molecule has 0 fully saturated rings. The molecule has 2 nitrogen and oxygen atoms in total. The molecular formula is C9H7BrF2O2. The van der Waals surface area contributed by atoms with Crippen molar-refractivity contribution < 1.29 is 18.7 Å². The molecular weight excluding hydrogens is 258 g/mol. The quantitative estimate of drug-likeness (QED) is 0.853. The van der Waals surface area contributed by atoms with Crippen LogP contribution in [0.3, 0.4) is 0 Å². The largest absolute Gasteiger partial charge is 0.481 e. The molecule has 0 saturated heterocycles. The van der Waals surface area contributed by atoms with E-state index < -0.39 is 17.6 Å². The van der Waals surface area contributed by atoms with Crippen molar-refractivity contribution in [2.24, 2.45) is 0 Å². The van der Waals surface area contributed by atoms with Crippen LogP contribution in [0.15, 0.2) is 16.6 Å². The molecule has 0 unspecified atom stereocenters. The first-order valence-electron chi connectivity index (χ1n) is 3.86. The highest BCUT2D eigenvalue weighted by atomic mass is 79.9. The maximum atomic E-state index is 13.1. The number of carbonyl (C=O) groups is 1. The molecule has 0 saturated carbocycles. The zero-order valence-electron chi connectivity index (χ0n) is 7.06. The van der Waals surface area contributed by atoms with Crippen molar-refractivity contribution in [2.75, 3.05) is 0 Å². The van der Waals surface area contributed by atoms with Crippen LogP contribution in [-0.2, 0) is 11.2 Å². The Kier molecular flexibility index (Phi) is 3.57. The third-order valence-corrected chi connectivity index (χ3v) is 2.34. The van der Waals surface area contributed by atoms with Gasteiger partial charge in [-0.15, -0.1) is 0 Å². The predicted octanol–water partition coefficient (Wildman–Crippen LogP) is 2.74. The monoisotopic (exact) mass is 264 g/mol. The Morgan fingerprint density at radius 3 is 2.57 bits per heavy atom. The molecule has 0 aromatic heterocycles. The average Bonchev–Trinajstić information content (AvgIpc) is 2.13. The minimum absolute atomic E-state index is 0.00856. The fourth-order valence-corrected chi connectivity index (χ4v) is 1.31. The van der Waals surface area contributed by atoms with Gasteiger partial charge in [0.15, 0.2) is 11.6 Å². The van der Waals surface area contributed by atoms with Crippen molar-refractivity contribution in [3.8, 4) is 0 Å². The van der Waals surface area contributed by atoms with E-state index in [1.54, 1.807) is 0 Å². The average molecular weight is 265 g/mol. The summed E-state index contributed by atoms with van der Waals surface area (Å²) < 4.78 is 26.1. The van der Waals surface area contributed by atoms with Crippen LogP contribution in [0, 0.1) is 11.6 Å². The van der Waals surface area contributed by atoms with Gasteiger partial charge in [0.2, 0.25) is 0 Å². The van der Waals surface area contributed by atoms with Crippen molar-refractivity contribution in [2.45, 2.75) is 12.8 Å². The molecule has 1 aromatic rings. The SMILES string of the molecule is O=C(O)CCc1ccc(Br)c(F)c1F. The summed E-state index contributed by atoms with van der Waals surface area (Å²) in [6.45, 7) is 0. The number of aryl methyl sites for hydroxylation is 1. The fraction of sp³-hybridized carbons (Fsp3) is 0.222. The summed E-state index contributed by atoms with van der Waals surface area (Å²) in [5.74, 6) is -3.00. The van der Waals surface area contributed by atoms with Crippen molar-refractivity contribution >= 4 is 21.9 Å². The van der Waals surface area contributed by atoms with E-state index >= 15 is 0 Å². The molecule has 0 aliphatic carbocycles. The normalized spacial score (nSPS) is 10.2. The molecule has 0 radical (unpaired) electrons. The molecule has 1 rings (SSSR count). The van der Waals surface area contributed by atoms with Gasteiger partial charge in [0.1, 0.15) is 0 Å². The summed E-state index contributed by atoms with van der Waals surface area (Å²) in [4.78, 5) is 10.2. The molecule has 14 heavy (non-hydrogen) atoms. The van der Waals surface area contributed by atoms with E-state index in [1.165, 1.54) is 12.1 Å². The molecule has 0 aliphatic rings. The minimum Gasteiger partial charge on any atom is -0.481 e. The van der Waals surface area contributed by atoms with Crippen LogP contribution >= 0.6 is 15.9 Å². The van der Waals surface area contributed by atoms with Crippen LogP contribution in [0.1, 0.15) is 12.0 Å². The Morgan fingerprint density at radius 1 is 1.36 bits per heavy atom. The first kappa shape index (κ1) is 11.1. The van der Waals surface area contributed by atoms with E-state index in [-0.39, 0.29) is 22.9 Å². The lowest BCUT2D eigenvalue weighted by Gasteiger charge is -2.03. The second-order valence-electron chi connectivity index (χ2n) is 2.73. The Balaban J connectivity index is 2.88. The summed E-state index contributed by atoms with van der Waals surface area (Å²) in [6, 6.07) is 2.72. The zero-order valence-corrected chi connectivity index (χ0v) is 8.64. The van der Waals surface area contributed by atoms with Crippen LogP contribution in [0.25, 0.3) is 0 Å². The highest BCUT2D eigenvalue weighted by Crippen LogP contribution is 2.21. The number of benzene rings is 1. The first-order valence-corrected chi connectivity index (χ1v) is 4.66. The molecule has 0 heterocycles. The number of hydrogen-bond donors (Lipinski definition) is 1. The smallest absolute Gasteiger partial charge is 0.303 e. The van der Waals surface area contributed by atoms with Crippen molar-refractivity contribution in [3.05, 3.63) is 33.8 Å². The van der Waals surface area contributed by atoms with Crippen LogP contribution < -0.4 is 0 Å². The molecule has 0 aliphatic heterocycles. The molecule has 0 atom stereocenters. The second-order valence-corrected chi connectivity index (χ2v) is 3.58. The minimum atomic E-state index is -1.03. The molecule has 5 heteroatoms. The van der Waals surface area contributed by atoms with Gasteiger partial charge in [0.05, 0.1) is 4.47 Å². The van der Waals surface area contributed by atoms with Crippen LogP contribution in [0.5, 0.6) is 0 Å². The van der Waals surface area contributed by atoms with E-state index in [0.717, 1.165) is 0 Å². The zero-order chi connectivity index (χ0) is 10.7. The molecule has 76 valence electrons. The number of carboxylic acids is 1. The summed E-state index contributed by atoms with van der Waals surface area (Å²) in [5.41, 5.74) is 0.0769. The van der Waals surface area contributed by atoms with Crippen molar-refractivity contribution in [1.82, 2.24) is 0 Å². The first-order chi connectivity index (χ1) is 6.52. The van der Waals surface area contributed by atoms with E-state index in [4.69, 9.17) is 5.11 Å². The molecule has 0 bridgehead atoms. The Hall–Kier alpha value is -0.970. The topological polar surface area (TPSA) is 37.3 Å². The Labute approximate surface area is 87.7 Å². The van der Waals surface area contributed by atoms with Crippen LogP contribution in [0.4, 0.5) is 8.78 Å². The fourth-order valence-electron chi connectivity index (χ4n) is 1.00. The lowest BCUT2D eigenvalue weighted by Crippen LogP contribution is -2.01.